The molecule has 8 heteroatoms. The molecule has 0 bridgehead atoms. The van der Waals surface area contributed by atoms with Crippen LogP contribution in [0.15, 0.2) is 48.5 Å². The predicted octanol–water partition coefficient (Wildman–Crippen LogP) is 2.14. The van der Waals surface area contributed by atoms with E-state index < -0.39 is 15.9 Å². The van der Waals surface area contributed by atoms with Crippen LogP contribution < -0.4 is 5.32 Å². The first-order valence-corrected chi connectivity index (χ1v) is 9.62. The van der Waals surface area contributed by atoms with Gasteiger partial charge in [0.1, 0.15) is 5.82 Å². The number of carbonyl (C=O) groups excluding carboxylic acids is 1. The van der Waals surface area contributed by atoms with Crippen LogP contribution in [0.5, 0.6) is 0 Å². The largest absolute Gasteiger partial charge is 0.325 e. The van der Waals surface area contributed by atoms with Gasteiger partial charge in [0.05, 0.1) is 24.4 Å². The number of benzene rings is 2. The van der Waals surface area contributed by atoms with Gasteiger partial charge in [0.25, 0.3) is 0 Å². The summed E-state index contributed by atoms with van der Waals surface area (Å²) in [6.07, 6.45) is 1.39. The van der Waals surface area contributed by atoms with Crippen molar-refractivity contribution in [3.63, 3.8) is 0 Å². The molecular formula is C18H18FN3O3S. The van der Waals surface area contributed by atoms with E-state index in [-0.39, 0.29) is 18.9 Å². The van der Waals surface area contributed by atoms with Crippen molar-refractivity contribution in [2.24, 2.45) is 0 Å². The highest BCUT2D eigenvalue weighted by Crippen LogP contribution is 2.10. The average molecular weight is 375 g/mol. The minimum absolute atomic E-state index is 0.102. The Balaban J connectivity index is 1.99. The lowest BCUT2D eigenvalue weighted by atomic mass is 10.1. The summed E-state index contributed by atoms with van der Waals surface area (Å²) in [4.78, 5) is 12.1. The molecule has 1 amide bonds. The number of nitriles is 1. The second-order valence-corrected chi connectivity index (χ2v) is 7.69. The fraction of sp³-hybridized carbons (Fsp3) is 0.222. The van der Waals surface area contributed by atoms with E-state index in [1.165, 1.54) is 12.1 Å². The van der Waals surface area contributed by atoms with E-state index in [1.54, 1.807) is 36.4 Å². The standard InChI is InChI=1S/C18H18FN3O3S/c1-26(24,25)22(11-10-14-2-6-16(19)7-3-14)13-18(23)21-17-8-4-15(12-20)5-9-17/h2-9H,10-11,13H2,1H3,(H,21,23). The molecule has 2 aromatic rings. The fourth-order valence-electron chi connectivity index (χ4n) is 2.26. The van der Waals surface area contributed by atoms with Gasteiger partial charge in [0, 0.05) is 12.2 Å². The number of sulfonamides is 1. The molecular weight excluding hydrogens is 357 g/mol. The zero-order valence-electron chi connectivity index (χ0n) is 14.1. The Bertz CT molecular complexity index is 904. The molecule has 0 saturated carbocycles. The van der Waals surface area contributed by atoms with Gasteiger partial charge in [0.15, 0.2) is 0 Å². The minimum Gasteiger partial charge on any atom is -0.325 e. The van der Waals surface area contributed by atoms with Crippen LogP contribution in [0.3, 0.4) is 0 Å². The van der Waals surface area contributed by atoms with Crippen molar-refractivity contribution in [2.75, 3.05) is 24.7 Å². The SMILES string of the molecule is CS(=O)(=O)N(CCc1ccc(F)cc1)CC(=O)Nc1ccc(C#N)cc1. The number of anilines is 1. The second-order valence-electron chi connectivity index (χ2n) is 5.71. The van der Waals surface area contributed by atoms with Crippen molar-refractivity contribution in [1.29, 1.82) is 5.26 Å². The monoisotopic (exact) mass is 375 g/mol. The molecule has 2 aromatic carbocycles. The van der Waals surface area contributed by atoms with E-state index >= 15 is 0 Å². The maximum absolute atomic E-state index is 12.9. The van der Waals surface area contributed by atoms with E-state index in [0.29, 0.717) is 17.7 Å². The van der Waals surface area contributed by atoms with Gasteiger partial charge in [0.2, 0.25) is 15.9 Å². The second kappa shape index (κ2) is 8.56. The normalized spacial score (nSPS) is 11.2. The molecule has 0 atom stereocenters. The Morgan fingerprint density at radius 2 is 1.77 bits per heavy atom. The van der Waals surface area contributed by atoms with Gasteiger partial charge < -0.3 is 5.32 Å². The molecule has 26 heavy (non-hydrogen) atoms. The molecule has 2 rings (SSSR count). The molecule has 0 spiro atoms. The molecule has 0 aliphatic carbocycles. The highest BCUT2D eigenvalue weighted by molar-refractivity contribution is 7.88. The first-order chi connectivity index (χ1) is 12.3. The number of nitrogens with zero attached hydrogens (tertiary/aromatic N) is 2. The molecule has 0 heterocycles. The zero-order chi connectivity index (χ0) is 19.2. The third kappa shape index (κ3) is 5.95. The third-order valence-electron chi connectivity index (χ3n) is 3.65. The lowest BCUT2D eigenvalue weighted by molar-refractivity contribution is -0.116. The van der Waals surface area contributed by atoms with Gasteiger partial charge >= 0.3 is 0 Å². The maximum atomic E-state index is 12.9. The number of halogens is 1. The number of hydrogen-bond donors (Lipinski definition) is 1. The van der Waals surface area contributed by atoms with Gasteiger partial charge in [-0.25, -0.2) is 12.8 Å². The number of carbonyl (C=O) groups is 1. The smallest absolute Gasteiger partial charge is 0.239 e. The van der Waals surface area contributed by atoms with Crippen LogP contribution in [-0.2, 0) is 21.2 Å². The summed E-state index contributed by atoms with van der Waals surface area (Å²) in [6, 6.07) is 14.0. The van der Waals surface area contributed by atoms with Crippen molar-refractivity contribution < 1.29 is 17.6 Å². The van der Waals surface area contributed by atoms with Crippen molar-refractivity contribution in [3.8, 4) is 6.07 Å². The van der Waals surface area contributed by atoms with Gasteiger partial charge in [-0.05, 0) is 48.4 Å². The average Bonchev–Trinajstić information content (AvgIpc) is 2.59. The number of nitrogens with one attached hydrogen (secondary N) is 1. The highest BCUT2D eigenvalue weighted by Gasteiger charge is 2.20. The van der Waals surface area contributed by atoms with E-state index in [1.807, 2.05) is 6.07 Å². The summed E-state index contributed by atoms with van der Waals surface area (Å²) in [5, 5.41) is 11.4. The molecule has 0 aliphatic rings. The Hall–Kier alpha value is -2.76. The van der Waals surface area contributed by atoms with E-state index in [9.17, 15) is 17.6 Å². The topological polar surface area (TPSA) is 90.3 Å². The van der Waals surface area contributed by atoms with Crippen LogP contribution in [0.25, 0.3) is 0 Å². The third-order valence-corrected chi connectivity index (χ3v) is 4.90. The maximum Gasteiger partial charge on any atom is 0.239 e. The lowest BCUT2D eigenvalue weighted by Crippen LogP contribution is -2.38. The molecule has 0 radical (unpaired) electrons. The van der Waals surface area contributed by atoms with Gasteiger partial charge in [-0.1, -0.05) is 12.1 Å². The number of hydrogen-bond acceptors (Lipinski definition) is 4. The molecule has 6 nitrogen and oxygen atoms in total. The molecule has 0 aromatic heterocycles. The molecule has 136 valence electrons. The van der Waals surface area contributed by atoms with Gasteiger partial charge in [-0.3, -0.25) is 4.79 Å². The molecule has 0 fully saturated rings. The Kier molecular flexibility index (Phi) is 6.44. The van der Waals surface area contributed by atoms with Crippen molar-refractivity contribution in [3.05, 3.63) is 65.5 Å². The Morgan fingerprint density at radius 3 is 2.31 bits per heavy atom. The van der Waals surface area contributed by atoms with E-state index in [0.717, 1.165) is 16.1 Å². The van der Waals surface area contributed by atoms with Crippen LogP contribution >= 0.6 is 0 Å². The van der Waals surface area contributed by atoms with Crippen LogP contribution in [0, 0.1) is 17.1 Å². The van der Waals surface area contributed by atoms with Crippen LogP contribution in [-0.4, -0.2) is 38.0 Å². The Morgan fingerprint density at radius 1 is 1.15 bits per heavy atom. The summed E-state index contributed by atoms with van der Waals surface area (Å²) in [7, 11) is -3.59. The fourth-order valence-corrected chi connectivity index (χ4v) is 3.03. The number of rotatable bonds is 7. The summed E-state index contributed by atoms with van der Waals surface area (Å²) in [6.45, 7) is -0.231. The molecule has 1 N–H and O–H groups in total. The Labute approximate surface area is 151 Å². The first kappa shape index (κ1) is 19.6. The van der Waals surface area contributed by atoms with Crippen molar-refractivity contribution >= 4 is 21.6 Å². The van der Waals surface area contributed by atoms with Gasteiger partial charge in [-0.2, -0.15) is 9.57 Å². The summed E-state index contributed by atoms with van der Waals surface area (Å²) < 4.78 is 37.8. The summed E-state index contributed by atoms with van der Waals surface area (Å²) >= 11 is 0. The lowest BCUT2D eigenvalue weighted by Gasteiger charge is -2.19. The minimum atomic E-state index is -3.59. The first-order valence-electron chi connectivity index (χ1n) is 7.77. The van der Waals surface area contributed by atoms with Crippen LogP contribution in [0.4, 0.5) is 10.1 Å². The van der Waals surface area contributed by atoms with Crippen LogP contribution in [0.1, 0.15) is 11.1 Å². The van der Waals surface area contributed by atoms with Crippen LogP contribution in [0.2, 0.25) is 0 Å². The quantitative estimate of drug-likeness (QED) is 0.803. The summed E-state index contributed by atoms with van der Waals surface area (Å²) in [5.41, 5.74) is 1.70. The summed E-state index contributed by atoms with van der Waals surface area (Å²) in [5.74, 6) is -0.852. The molecule has 0 aliphatic heterocycles. The predicted molar refractivity (Wildman–Crippen MR) is 96.3 cm³/mol. The molecule has 0 unspecified atom stereocenters. The highest BCUT2D eigenvalue weighted by atomic mass is 32.2. The van der Waals surface area contributed by atoms with Crippen molar-refractivity contribution in [2.45, 2.75) is 6.42 Å². The van der Waals surface area contributed by atoms with E-state index in [2.05, 4.69) is 5.32 Å². The zero-order valence-corrected chi connectivity index (χ0v) is 15.0. The van der Waals surface area contributed by atoms with E-state index in [4.69, 9.17) is 5.26 Å². The molecule has 0 saturated heterocycles. The van der Waals surface area contributed by atoms with Crippen molar-refractivity contribution in [1.82, 2.24) is 4.31 Å². The van der Waals surface area contributed by atoms with Gasteiger partial charge in [-0.15, -0.1) is 0 Å². The number of amides is 1.